The number of ether oxygens (including phenoxy) is 1. The second-order valence-electron chi connectivity index (χ2n) is 4.14. The molecular weight excluding hydrogens is 284 g/mol. The zero-order valence-corrected chi connectivity index (χ0v) is 11.6. The van der Waals surface area contributed by atoms with Gasteiger partial charge in [-0.05, 0) is 34.0 Å². The lowest BCUT2D eigenvalue weighted by atomic mass is 10.2. The molecule has 1 aromatic carbocycles. The highest BCUT2D eigenvalue weighted by Gasteiger charge is 2.08. The van der Waals surface area contributed by atoms with Crippen LogP contribution in [0.3, 0.4) is 0 Å². The van der Waals surface area contributed by atoms with Crippen LogP contribution in [-0.2, 0) is 4.79 Å². The minimum atomic E-state index is -0.145. The number of hydrogen-bond acceptors (Lipinski definition) is 3. The molecule has 0 saturated heterocycles. The number of nitrogens with two attached hydrogens (primary N) is 1. The normalized spacial score (nSPS) is 10.4. The number of rotatable bonds is 5. The minimum absolute atomic E-state index is 0.0282. The third-order valence-corrected chi connectivity index (χ3v) is 2.68. The van der Waals surface area contributed by atoms with Gasteiger partial charge in [-0.3, -0.25) is 4.79 Å². The molecular formula is C12H17BrN2O2. The number of nitrogens with one attached hydrogen (secondary N) is 1. The van der Waals surface area contributed by atoms with E-state index in [1.807, 2.05) is 26.0 Å². The first-order valence-corrected chi connectivity index (χ1v) is 6.23. The molecule has 1 rings (SSSR count). The minimum Gasteiger partial charge on any atom is -0.480 e. The lowest BCUT2D eigenvalue weighted by molar-refractivity contribution is -0.123. The standard InChI is InChI=1S/C12H17BrN2O2/c1-8(2)6-15-11(16)7-17-12-9(13)4-3-5-10(12)14/h3-5,8H,6-7,14H2,1-2H3,(H,15,16). The maximum absolute atomic E-state index is 11.5. The molecule has 0 radical (unpaired) electrons. The molecule has 0 spiro atoms. The Hall–Kier alpha value is -1.23. The Morgan fingerprint density at radius 2 is 2.24 bits per heavy atom. The van der Waals surface area contributed by atoms with Crippen molar-refractivity contribution in [3.63, 3.8) is 0 Å². The van der Waals surface area contributed by atoms with Crippen LogP contribution >= 0.6 is 15.9 Å². The number of para-hydroxylation sites is 1. The predicted molar refractivity (Wildman–Crippen MR) is 71.9 cm³/mol. The van der Waals surface area contributed by atoms with Gasteiger partial charge in [0.25, 0.3) is 5.91 Å². The average Bonchev–Trinajstić information content (AvgIpc) is 2.25. The van der Waals surface area contributed by atoms with Gasteiger partial charge < -0.3 is 15.8 Å². The molecule has 1 amide bonds. The molecule has 0 saturated carbocycles. The Labute approximate surface area is 110 Å². The monoisotopic (exact) mass is 300 g/mol. The zero-order chi connectivity index (χ0) is 12.8. The summed E-state index contributed by atoms with van der Waals surface area (Å²) in [5.74, 6) is 0.786. The maximum Gasteiger partial charge on any atom is 0.257 e. The largest absolute Gasteiger partial charge is 0.480 e. The summed E-state index contributed by atoms with van der Waals surface area (Å²) in [4.78, 5) is 11.5. The molecule has 0 atom stereocenters. The highest BCUT2D eigenvalue weighted by atomic mass is 79.9. The van der Waals surface area contributed by atoms with Gasteiger partial charge in [-0.1, -0.05) is 19.9 Å². The van der Waals surface area contributed by atoms with E-state index in [0.717, 1.165) is 4.47 Å². The summed E-state index contributed by atoms with van der Waals surface area (Å²) in [7, 11) is 0. The van der Waals surface area contributed by atoms with Crippen LogP contribution in [0.1, 0.15) is 13.8 Å². The molecule has 0 heterocycles. The van der Waals surface area contributed by atoms with Crippen LogP contribution in [0.25, 0.3) is 0 Å². The van der Waals surface area contributed by atoms with Crippen molar-refractivity contribution in [2.45, 2.75) is 13.8 Å². The van der Waals surface area contributed by atoms with Crippen molar-refractivity contribution in [1.29, 1.82) is 0 Å². The van der Waals surface area contributed by atoms with E-state index in [1.54, 1.807) is 6.07 Å². The SMILES string of the molecule is CC(C)CNC(=O)COc1c(N)cccc1Br. The number of anilines is 1. The first kappa shape index (κ1) is 13.8. The van der Waals surface area contributed by atoms with Crippen LogP contribution in [0.4, 0.5) is 5.69 Å². The zero-order valence-electron chi connectivity index (χ0n) is 10.00. The molecule has 94 valence electrons. The summed E-state index contributed by atoms with van der Waals surface area (Å²) >= 11 is 3.32. The van der Waals surface area contributed by atoms with Gasteiger partial charge in [-0.25, -0.2) is 0 Å². The Balaban J connectivity index is 2.47. The number of benzene rings is 1. The number of nitrogen functional groups attached to an aromatic ring is 1. The Morgan fingerprint density at radius 3 is 2.82 bits per heavy atom. The fourth-order valence-corrected chi connectivity index (χ4v) is 1.68. The second kappa shape index (κ2) is 6.49. The van der Waals surface area contributed by atoms with E-state index < -0.39 is 0 Å². The van der Waals surface area contributed by atoms with Gasteiger partial charge in [-0.15, -0.1) is 0 Å². The number of amides is 1. The lowest BCUT2D eigenvalue weighted by Gasteiger charge is -2.11. The van der Waals surface area contributed by atoms with Gasteiger partial charge in [0.2, 0.25) is 0 Å². The van der Waals surface area contributed by atoms with Crippen LogP contribution in [-0.4, -0.2) is 19.1 Å². The van der Waals surface area contributed by atoms with Crippen LogP contribution in [0.2, 0.25) is 0 Å². The quantitative estimate of drug-likeness (QED) is 0.819. The van der Waals surface area contributed by atoms with Crippen LogP contribution < -0.4 is 15.8 Å². The van der Waals surface area contributed by atoms with E-state index in [-0.39, 0.29) is 12.5 Å². The second-order valence-corrected chi connectivity index (χ2v) is 5.00. The van der Waals surface area contributed by atoms with Gasteiger partial charge >= 0.3 is 0 Å². The summed E-state index contributed by atoms with van der Waals surface area (Å²) in [5, 5.41) is 2.77. The van der Waals surface area contributed by atoms with E-state index in [9.17, 15) is 4.79 Å². The van der Waals surface area contributed by atoms with Crippen molar-refractivity contribution < 1.29 is 9.53 Å². The van der Waals surface area contributed by atoms with Crippen molar-refractivity contribution in [1.82, 2.24) is 5.32 Å². The molecule has 4 nitrogen and oxygen atoms in total. The highest BCUT2D eigenvalue weighted by molar-refractivity contribution is 9.10. The summed E-state index contributed by atoms with van der Waals surface area (Å²) in [6, 6.07) is 5.36. The Morgan fingerprint density at radius 1 is 1.53 bits per heavy atom. The lowest BCUT2D eigenvalue weighted by Crippen LogP contribution is -2.31. The van der Waals surface area contributed by atoms with Gasteiger partial charge in [0, 0.05) is 6.54 Å². The van der Waals surface area contributed by atoms with Crippen molar-refractivity contribution in [3.8, 4) is 5.75 Å². The molecule has 17 heavy (non-hydrogen) atoms. The third kappa shape index (κ3) is 4.65. The van der Waals surface area contributed by atoms with Crippen LogP contribution in [0.5, 0.6) is 5.75 Å². The molecule has 5 heteroatoms. The highest BCUT2D eigenvalue weighted by Crippen LogP contribution is 2.30. The van der Waals surface area contributed by atoms with Gasteiger partial charge in [0.15, 0.2) is 12.4 Å². The van der Waals surface area contributed by atoms with Crippen LogP contribution in [0, 0.1) is 5.92 Å². The van der Waals surface area contributed by atoms with Gasteiger partial charge in [0.1, 0.15) is 0 Å². The number of carbonyl (C=O) groups excluding carboxylic acids is 1. The Kier molecular flexibility index (Phi) is 5.28. The van der Waals surface area contributed by atoms with Crippen molar-refractivity contribution in [2.24, 2.45) is 5.92 Å². The van der Waals surface area contributed by atoms with Crippen molar-refractivity contribution in [3.05, 3.63) is 22.7 Å². The topological polar surface area (TPSA) is 64.3 Å². The molecule has 0 aromatic heterocycles. The number of carbonyl (C=O) groups is 1. The van der Waals surface area contributed by atoms with Gasteiger partial charge in [0.05, 0.1) is 10.2 Å². The molecule has 0 aliphatic rings. The van der Waals surface area contributed by atoms with Crippen molar-refractivity contribution in [2.75, 3.05) is 18.9 Å². The summed E-state index contributed by atoms with van der Waals surface area (Å²) < 4.78 is 6.12. The summed E-state index contributed by atoms with van der Waals surface area (Å²) in [5.41, 5.74) is 6.25. The summed E-state index contributed by atoms with van der Waals surface area (Å²) in [6.07, 6.45) is 0. The smallest absolute Gasteiger partial charge is 0.257 e. The van der Waals surface area contributed by atoms with Crippen LogP contribution in [0.15, 0.2) is 22.7 Å². The van der Waals surface area contributed by atoms with E-state index in [2.05, 4.69) is 21.2 Å². The maximum atomic E-state index is 11.5. The molecule has 0 aliphatic heterocycles. The van der Waals surface area contributed by atoms with E-state index in [0.29, 0.717) is 23.9 Å². The van der Waals surface area contributed by atoms with E-state index in [4.69, 9.17) is 10.5 Å². The van der Waals surface area contributed by atoms with Gasteiger partial charge in [-0.2, -0.15) is 0 Å². The fourth-order valence-electron chi connectivity index (χ4n) is 1.18. The molecule has 0 bridgehead atoms. The summed E-state index contributed by atoms with van der Waals surface area (Å²) in [6.45, 7) is 4.69. The fraction of sp³-hybridized carbons (Fsp3) is 0.417. The molecule has 0 unspecified atom stereocenters. The first-order chi connectivity index (χ1) is 8.00. The molecule has 0 aliphatic carbocycles. The number of halogens is 1. The molecule has 3 N–H and O–H groups in total. The number of hydrogen-bond donors (Lipinski definition) is 2. The first-order valence-electron chi connectivity index (χ1n) is 5.44. The third-order valence-electron chi connectivity index (χ3n) is 2.05. The molecule has 0 fully saturated rings. The average molecular weight is 301 g/mol. The predicted octanol–water partition coefficient (Wildman–Crippen LogP) is 2.18. The Bertz CT molecular complexity index is 374. The van der Waals surface area contributed by atoms with E-state index >= 15 is 0 Å². The van der Waals surface area contributed by atoms with Crippen molar-refractivity contribution >= 4 is 27.5 Å². The molecule has 1 aromatic rings. The van der Waals surface area contributed by atoms with E-state index in [1.165, 1.54) is 0 Å².